The number of ether oxygens (including phenoxy) is 1. The van der Waals surface area contributed by atoms with Crippen LogP contribution in [0.2, 0.25) is 0 Å². The summed E-state index contributed by atoms with van der Waals surface area (Å²) in [4.78, 5) is 28.7. The average Bonchev–Trinajstić information content (AvgIpc) is 3.19. The molecule has 4 aromatic rings. The monoisotopic (exact) mass is 390 g/mol. The number of carbonyl (C=O) groups excluding carboxylic acids is 2. The predicted molar refractivity (Wildman–Crippen MR) is 110 cm³/mol. The highest BCUT2D eigenvalue weighted by atomic mass is 32.1. The van der Waals surface area contributed by atoms with E-state index in [4.69, 9.17) is 4.74 Å². The van der Waals surface area contributed by atoms with Crippen LogP contribution in [0.5, 0.6) is 0 Å². The molecular formula is C22H18N2O3S. The molecule has 0 aliphatic rings. The van der Waals surface area contributed by atoms with Crippen LogP contribution in [0.25, 0.3) is 21.0 Å². The van der Waals surface area contributed by atoms with E-state index in [0.717, 1.165) is 26.6 Å². The van der Waals surface area contributed by atoms with Gasteiger partial charge in [0.1, 0.15) is 0 Å². The van der Waals surface area contributed by atoms with Crippen molar-refractivity contribution in [2.45, 2.75) is 13.0 Å². The van der Waals surface area contributed by atoms with Gasteiger partial charge < -0.3 is 10.1 Å². The lowest BCUT2D eigenvalue weighted by Crippen LogP contribution is -2.31. The van der Waals surface area contributed by atoms with Crippen molar-refractivity contribution < 1.29 is 14.3 Å². The molecular weight excluding hydrogens is 372 g/mol. The summed E-state index contributed by atoms with van der Waals surface area (Å²) >= 11 is 1.45. The Bertz CT molecular complexity index is 1160. The van der Waals surface area contributed by atoms with E-state index in [-0.39, 0.29) is 18.6 Å². The second-order valence-corrected chi connectivity index (χ2v) is 7.35. The maximum atomic E-state index is 12.3. The lowest BCUT2D eigenvalue weighted by molar-refractivity contribution is -0.124. The fourth-order valence-corrected chi connectivity index (χ4v) is 3.90. The van der Waals surface area contributed by atoms with Crippen LogP contribution in [0, 0.1) is 0 Å². The molecule has 0 fully saturated rings. The largest absolute Gasteiger partial charge is 0.452 e. The van der Waals surface area contributed by atoms with Crippen LogP contribution < -0.4 is 5.32 Å². The molecule has 1 heterocycles. The quantitative estimate of drug-likeness (QED) is 0.510. The Labute approximate surface area is 166 Å². The second kappa shape index (κ2) is 7.78. The third kappa shape index (κ3) is 3.73. The highest BCUT2D eigenvalue weighted by molar-refractivity contribution is 7.16. The van der Waals surface area contributed by atoms with Crippen molar-refractivity contribution in [3.63, 3.8) is 0 Å². The van der Waals surface area contributed by atoms with Crippen molar-refractivity contribution in [1.82, 2.24) is 10.3 Å². The van der Waals surface area contributed by atoms with Gasteiger partial charge in [0.25, 0.3) is 5.91 Å². The van der Waals surface area contributed by atoms with Crippen molar-refractivity contribution in [2.24, 2.45) is 0 Å². The Morgan fingerprint density at radius 3 is 2.82 bits per heavy atom. The number of thiazole rings is 1. The number of carbonyl (C=O) groups is 2. The van der Waals surface area contributed by atoms with Gasteiger partial charge in [-0.15, -0.1) is 11.3 Å². The van der Waals surface area contributed by atoms with Gasteiger partial charge in [0.05, 0.1) is 27.3 Å². The van der Waals surface area contributed by atoms with E-state index in [1.807, 2.05) is 49.4 Å². The Morgan fingerprint density at radius 2 is 1.93 bits per heavy atom. The molecule has 0 bridgehead atoms. The maximum Gasteiger partial charge on any atom is 0.338 e. The predicted octanol–water partition coefficient (Wildman–Crippen LogP) is 4.48. The normalized spacial score (nSPS) is 12.0. The van der Waals surface area contributed by atoms with Crippen molar-refractivity contribution >= 4 is 44.2 Å². The van der Waals surface area contributed by atoms with Crippen LogP contribution in [0.3, 0.4) is 0 Å². The van der Waals surface area contributed by atoms with E-state index in [0.29, 0.717) is 5.56 Å². The number of nitrogens with zero attached hydrogens (tertiary/aromatic N) is 1. The van der Waals surface area contributed by atoms with Crippen molar-refractivity contribution in [2.75, 3.05) is 6.61 Å². The first-order valence-corrected chi connectivity index (χ1v) is 9.77. The fourth-order valence-electron chi connectivity index (χ4n) is 3.19. The number of amides is 1. The van der Waals surface area contributed by atoms with E-state index >= 15 is 0 Å². The van der Waals surface area contributed by atoms with E-state index in [1.165, 1.54) is 11.3 Å². The SMILES string of the molecule is C[C@H](NC(=O)COC(=O)c1ccc2ncsc2c1)c1cccc2ccccc12. The van der Waals surface area contributed by atoms with Crippen LogP contribution >= 0.6 is 11.3 Å². The summed E-state index contributed by atoms with van der Waals surface area (Å²) in [6, 6.07) is 19.0. The second-order valence-electron chi connectivity index (χ2n) is 6.47. The molecule has 0 saturated carbocycles. The first-order chi connectivity index (χ1) is 13.6. The van der Waals surface area contributed by atoms with Gasteiger partial charge in [0.15, 0.2) is 6.61 Å². The van der Waals surface area contributed by atoms with Crippen LogP contribution in [-0.4, -0.2) is 23.5 Å². The topological polar surface area (TPSA) is 68.3 Å². The highest BCUT2D eigenvalue weighted by Crippen LogP contribution is 2.24. The zero-order valence-electron chi connectivity index (χ0n) is 15.2. The Kier molecular flexibility index (Phi) is 5.04. The van der Waals surface area contributed by atoms with Gasteiger partial charge >= 0.3 is 5.97 Å². The number of nitrogens with one attached hydrogen (secondary N) is 1. The lowest BCUT2D eigenvalue weighted by atomic mass is 10.00. The molecule has 0 spiro atoms. The van der Waals surface area contributed by atoms with Gasteiger partial charge in [0, 0.05) is 0 Å². The molecule has 0 aliphatic heterocycles. The van der Waals surface area contributed by atoms with Gasteiger partial charge in [-0.05, 0) is 41.5 Å². The minimum atomic E-state index is -0.525. The Balaban J connectivity index is 1.39. The minimum absolute atomic E-state index is 0.203. The third-order valence-corrected chi connectivity index (χ3v) is 5.36. The summed E-state index contributed by atoms with van der Waals surface area (Å²) in [6.07, 6.45) is 0. The van der Waals surface area contributed by atoms with Gasteiger partial charge in [0.2, 0.25) is 0 Å². The summed E-state index contributed by atoms with van der Waals surface area (Å²) in [6.45, 7) is 1.59. The molecule has 4 rings (SSSR count). The first-order valence-electron chi connectivity index (χ1n) is 8.89. The van der Waals surface area contributed by atoms with Crippen molar-refractivity contribution in [3.8, 4) is 0 Å². The summed E-state index contributed by atoms with van der Waals surface area (Å²) < 4.78 is 6.08. The molecule has 0 radical (unpaired) electrons. The van der Waals surface area contributed by atoms with Crippen LogP contribution in [0.15, 0.2) is 66.2 Å². The zero-order valence-corrected chi connectivity index (χ0v) is 16.0. The molecule has 1 N–H and O–H groups in total. The number of hydrogen-bond acceptors (Lipinski definition) is 5. The molecule has 0 unspecified atom stereocenters. The van der Waals surface area contributed by atoms with E-state index in [9.17, 15) is 9.59 Å². The smallest absolute Gasteiger partial charge is 0.338 e. The highest BCUT2D eigenvalue weighted by Gasteiger charge is 2.15. The van der Waals surface area contributed by atoms with Crippen LogP contribution in [0.4, 0.5) is 0 Å². The van der Waals surface area contributed by atoms with Crippen molar-refractivity contribution in [1.29, 1.82) is 0 Å². The minimum Gasteiger partial charge on any atom is -0.452 e. The van der Waals surface area contributed by atoms with Gasteiger partial charge in [-0.25, -0.2) is 9.78 Å². The van der Waals surface area contributed by atoms with Crippen molar-refractivity contribution in [3.05, 3.63) is 77.3 Å². The van der Waals surface area contributed by atoms with Crippen LogP contribution in [0.1, 0.15) is 28.9 Å². The number of benzene rings is 3. The Hall–Kier alpha value is -3.25. The maximum absolute atomic E-state index is 12.3. The number of fused-ring (bicyclic) bond motifs is 2. The van der Waals surface area contributed by atoms with E-state index in [1.54, 1.807) is 23.7 Å². The number of esters is 1. The summed E-state index contributed by atoms with van der Waals surface area (Å²) in [5.41, 5.74) is 3.99. The fraction of sp³-hybridized carbons (Fsp3) is 0.136. The molecule has 1 atom stereocenters. The first kappa shape index (κ1) is 18.1. The number of rotatable bonds is 5. The summed E-state index contributed by atoms with van der Waals surface area (Å²) in [7, 11) is 0. The molecule has 5 nitrogen and oxygen atoms in total. The lowest BCUT2D eigenvalue weighted by Gasteiger charge is -2.16. The number of hydrogen-bond donors (Lipinski definition) is 1. The van der Waals surface area contributed by atoms with Gasteiger partial charge in [-0.2, -0.15) is 0 Å². The van der Waals surface area contributed by atoms with Gasteiger partial charge in [-0.3, -0.25) is 4.79 Å². The zero-order chi connectivity index (χ0) is 19.5. The summed E-state index contributed by atoms with van der Waals surface area (Å²) in [5.74, 6) is -0.865. The van der Waals surface area contributed by atoms with E-state index in [2.05, 4.69) is 10.3 Å². The standard InChI is InChI=1S/C22H18N2O3S/c1-14(17-8-4-6-15-5-2-3-7-18(15)17)24-21(25)12-27-22(26)16-9-10-19-20(11-16)28-13-23-19/h2-11,13-14H,12H2,1H3,(H,24,25)/t14-/m0/s1. The molecule has 0 saturated heterocycles. The Morgan fingerprint density at radius 1 is 1.11 bits per heavy atom. The molecule has 6 heteroatoms. The molecule has 1 aromatic heterocycles. The van der Waals surface area contributed by atoms with Crippen LogP contribution in [-0.2, 0) is 9.53 Å². The molecule has 0 aliphatic carbocycles. The third-order valence-electron chi connectivity index (χ3n) is 4.57. The molecule has 140 valence electrons. The average molecular weight is 390 g/mol. The molecule has 1 amide bonds. The molecule has 28 heavy (non-hydrogen) atoms. The summed E-state index contributed by atoms with van der Waals surface area (Å²) in [5, 5.41) is 5.10. The van der Waals surface area contributed by atoms with E-state index < -0.39 is 5.97 Å². The molecule has 3 aromatic carbocycles. The number of aromatic nitrogens is 1. The van der Waals surface area contributed by atoms with Gasteiger partial charge in [-0.1, -0.05) is 42.5 Å².